The van der Waals surface area contributed by atoms with Crippen molar-refractivity contribution >= 4 is 49.7 Å². The maximum absolute atomic E-state index is 13.2. The van der Waals surface area contributed by atoms with Crippen LogP contribution in [-0.2, 0) is 36.7 Å². The molecule has 10 atom stereocenters. The van der Waals surface area contributed by atoms with Crippen LogP contribution in [0, 0.1) is 0 Å². The van der Waals surface area contributed by atoms with Crippen molar-refractivity contribution in [2.24, 2.45) is 11.5 Å². The molecule has 4 aromatic heterocycles. The Hall–Kier alpha value is -3.44. The summed E-state index contributed by atoms with van der Waals surface area (Å²) in [6.45, 7) is -1.41. The van der Waals surface area contributed by atoms with Crippen molar-refractivity contribution in [2.75, 3.05) is 24.7 Å². The molecule has 7 heterocycles. The molecule has 11 N–H and O–H groups in total. The van der Waals surface area contributed by atoms with Crippen LogP contribution < -0.4 is 28.5 Å². The number of hydrogen-bond donors (Lipinski definition) is 7. The molecule has 242 valence electrons. The lowest BCUT2D eigenvalue weighted by atomic mass is 10.1. The van der Waals surface area contributed by atoms with Gasteiger partial charge in [-0.15, -0.1) is 0 Å². The van der Waals surface area contributed by atoms with Gasteiger partial charge in [0, 0.05) is 0 Å². The van der Waals surface area contributed by atoms with Crippen LogP contribution in [0.15, 0.2) is 23.8 Å². The Morgan fingerprint density at radius 1 is 0.822 bits per heavy atom. The monoisotopic (exact) mass is 672 g/mol. The number of imidazole rings is 2. The zero-order valence-corrected chi connectivity index (χ0v) is 24.5. The fourth-order valence-electron chi connectivity index (χ4n) is 5.45. The number of ether oxygens (including phenoxy) is 2. The van der Waals surface area contributed by atoms with E-state index in [1.165, 1.54) is 28.1 Å². The number of nitrogens with zero attached hydrogens (tertiary/aromatic N) is 7. The second kappa shape index (κ2) is 10.8. The predicted molar refractivity (Wildman–Crippen MR) is 147 cm³/mol. The molecule has 0 amide bonds. The third-order valence-corrected chi connectivity index (χ3v) is 9.45. The number of anilines is 2. The van der Waals surface area contributed by atoms with Crippen molar-refractivity contribution in [3.8, 4) is 0 Å². The highest BCUT2D eigenvalue weighted by atomic mass is 31.2. The summed E-state index contributed by atoms with van der Waals surface area (Å²) >= 11 is 0. The first kappa shape index (κ1) is 30.2. The molecular formula is C20H26N12O11P2. The minimum Gasteiger partial charge on any atom is -0.382 e. The number of nitrogens with two attached hydrogens (primary N) is 4. The Morgan fingerprint density at radius 2 is 1.36 bits per heavy atom. The molecule has 0 bridgehead atoms. The second-order valence-electron chi connectivity index (χ2n) is 10.3. The molecular weight excluding hydrogens is 646 g/mol. The van der Waals surface area contributed by atoms with Crippen LogP contribution in [0.3, 0.4) is 0 Å². The minimum absolute atomic E-state index is 0.0112. The number of hydrogen-bond acceptors (Lipinski definition) is 18. The topological polar surface area (TPSA) is 341 Å². The summed E-state index contributed by atoms with van der Waals surface area (Å²) in [6, 6.07) is -2.43. The lowest BCUT2D eigenvalue weighted by Crippen LogP contribution is -2.43. The zero-order chi connectivity index (χ0) is 31.8. The largest absolute Gasteiger partial charge is 0.472 e. The van der Waals surface area contributed by atoms with Gasteiger partial charge in [0.2, 0.25) is 5.95 Å². The quantitative estimate of drug-likeness (QED) is 0.109. The van der Waals surface area contributed by atoms with Gasteiger partial charge in [0.05, 0.1) is 38.0 Å². The normalized spacial score (nSPS) is 37.7. The molecule has 25 heteroatoms. The molecule has 0 radical (unpaired) electrons. The van der Waals surface area contributed by atoms with Crippen LogP contribution in [0.25, 0.3) is 22.3 Å². The van der Waals surface area contributed by atoms with Gasteiger partial charge in [-0.3, -0.25) is 37.0 Å². The number of nitrogens with one attached hydrogen (secondary N) is 1. The van der Waals surface area contributed by atoms with Crippen molar-refractivity contribution in [1.82, 2.24) is 39.0 Å². The van der Waals surface area contributed by atoms with Crippen molar-refractivity contribution in [3.63, 3.8) is 0 Å². The molecule has 3 aliphatic rings. The van der Waals surface area contributed by atoms with E-state index in [1.54, 1.807) is 0 Å². The van der Waals surface area contributed by atoms with Gasteiger partial charge in [-0.1, -0.05) is 0 Å². The standard InChI is InChI=1S/C20H26N12O11P2/c21-8-12-6(40-18(8)31-4-27-10-14(23)25-3-26-15(10)31)1-38-45(36,37)43-13-7(2-39-44(34,35)42-12)41-19(9(13)22)32-5-28-11-16(32)29-20(24)30-17(11)33/h3-9,12-13,18-19H,1-2,21-22H2,(H,34,35)(H,36,37)(H2,23,25,26)(H3,24,29,30,33)/t6-,7-,8?,9?,12+,13+,18-,19-/m1/s1. The summed E-state index contributed by atoms with van der Waals surface area (Å²) in [7, 11) is -9.86. The molecule has 0 aromatic carbocycles. The van der Waals surface area contributed by atoms with Gasteiger partial charge in [-0.05, 0) is 0 Å². The fourth-order valence-corrected chi connectivity index (χ4v) is 7.41. The smallest absolute Gasteiger partial charge is 0.382 e. The first-order chi connectivity index (χ1) is 21.3. The number of aromatic amines is 1. The van der Waals surface area contributed by atoms with Gasteiger partial charge in [0.1, 0.15) is 36.3 Å². The van der Waals surface area contributed by atoms with E-state index in [0.29, 0.717) is 0 Å². The third-order valence-electron chi connectivity index (χ3n) is 7.48. The zero-order valence-electron chi connectivity index (χ0n) is 22.7. The Morgan fingerprint density at radius 3 is 1.93 bits per heavy atom. The van der Waals surface area contributed by atoms with Gasteiger partial charge in [-0.2, -0.15) is 4.98 Å². The van der Waals surface area contributed by atoms with E-state index >= 15 is 0 Å². The maximum atomic E-state index is 13.2. The van der Waals surface area contributed by atoms with E-state index in [0.717, 1.165) is 0 Å². The Kier molecular flexibility index (Phi) is 7.27. The van der Waals surface area contributed by atoms with Crippen LogP contribution in [0.2, 0.25) is 0 Å². The highest BCUT2D eigenvalue weighted by molar-refractivity contribution is 7.47. The lowest BCUT2D eigenvalue weighted by molar-refractivity contribution is -0.0661. The average molecular weight is 672 g/mol. The number of phosphoric acid groups is 2. The molecule has 23 nitrogen and oxygen atoms in total. The van der Waals surface area contributed by atoms with E-state index < -0.39 is 83.4 Å². The summed E-state index contributed by atoms with van der Waals surface area (Å²) in [4.78, 5) is 56.2. The summed E-state index contributed by atoms with van der Waals surface area (Å²) in [5.74, 6) is -0.128. The van der Waals surface area contributed by atoms with Crippen molar-refractivity contribution in [3.05, 3.63) is 29.3 Å². The molecule has 0 spiro atoms. The molecule has 7 rings (SSSR count). The van der Waals surface area contributed by atoms with E-state index in [2.05, 4.69) is 29.9 Å². The van der Waals surface area contributed by atoms with Gasteiger partial charge < -0.3 is 42.2 Å². The summed E-state index contributed by atoms with van der Waals surface area (Å²) < 4.78 is 62.2. The first-order valence-corrected chi connectivity index (χ1v) is 16.1. The number of nitrogen functional groups attached to an aromatic ring is 2. The van der Waals surface area contributed by atoms with Gasteiger partial charge in [0.15, 0.2) is 35.1 Å². The van der Waals surface area contributed by atoms with E-state index in [9.17, 15) is 23.7 Å². The molecule has 45 heavy (non-hydrogen) atoms. The van der Waals surface area contributed by atoms with Crippen molar-refractivity contribution < 1.29 is 46.5 Å². The molecule has 3 fully saturated rings. The number of fused-ring (bicyclic) bond motifs is 4. The summed E-state index contributed by atoms with van der Waals surface area (Å²) in [5.41, 5.74) is 24.1. The highest BCUT2D eigenvalue weighted by Gasteiger charge is 2.53. The molecule has 0 saturated carbocycles. The molecule has 4 aromatic rings. The SMILES string of the molecule is Nc1nc2c(ncn2[C@@H]2O[C@@H]3COP(=O)(O)O[C@@H]4C(N)[C@H](n5cnc6c(N)ncnc65)O[C@@H]4COP(=O)(O)O[C@@H]3C2N)c(=O)[nH]1. The second-order valence-corrected chi connectivity index (χ2v) is 13.1. The Labute approximate surface area is 250 Å². The molecule has 3 aliphatic heterocycles. The van der Waals surface area contributed by atoms with Crippen LogP contribution in [0.4, 0.5) is 11.8 Å². The first-order valence-electron chi connectivity index (χ1n) is 13.1. The lowest BCUT2D eigenvalue weighted by Gasteiger charge is -2.28. The van der Waals surface area contributed by atoms with Crippen LogP contribution in [-0.4, -0.2) is 98.5 Å². The average Bonchev–Trinajstić information content (AvgIpc) is 3.72. The Bertz CT molecular complexity index is 1940. The highest BCUT2D eigenvalue weighted by Crippen LogP contribution is 2.53. The summed E-state index contributed by atoms with van der Waals surface area (Å²) in [6.07, 6.45) is -4.11. The summed E-state index contributed by atoms with van der Waals surface area (Å²) in [5, 5.41) is 0. The number of rotatable bonds is 2. The fraction of sp³-hybridized carbons (Fsp3) is 0.500. The van der Waals surface area contributed by atoms with Crippen LogP contribution >= 0.6 is 15.6 Å². The van der Waals surface area contributed by atoms with Gasteiger partial charge in [0.25, 0.3) is 5.56 Å². The maximum Gasteiger partial charge on any atom is 0.472 e. The molecule has 3 saturated heterocycles. The third kappa shape index (κ3) is 5.31. The van der Waals surface area contributed by atoms with Gasteiger partial charge in [-0.25, -0.2) is 29.1 Å². The van der Waals surface area contributed by atoms with E-state index in [-0.39, 0.29) is 34.1 Å². The van der Waals surface area contributed by atoms with Crippen LogP contribution in [0.5, 0.6) is 0 Å². The minimum atomic E-state index is -4.93. The molecule has 4 unspecified atom stereocenters. The number of aromatic nitrogens is 8. The number of phosphoric ester groups is 2. The van der Waals surface area contributed by atoms with Crippen molar-refractivity contribution in [2.45, 2.75) is 49.0 Å². The predicted octanol–water partition coefficient (Wildman–Crippen LogP) is -2.41. The molecule has 0 aliphatic carbocycles. The Balaban J connectivity index is 1.17. The van der Waals surface area contributed by atoms with E-state index in [4.69, 9.17) is 50.5 Å². The van der Waals surface area contributed by atoms with Crippen LogP contribution in [0.1, 0.15) is 12.5 Å². The number of H-pyrrole nitrogens is 1. The van der Waals surface area contributed by atoms with Gasteiger partial charge >= 0.3 is 15.6 Å². The van der Waals surface area contributed by atoms with Crippen molar-refractivity contribution in [1.29, 1.82) is 0 Å². The van der Waals surface area contributed by atoms with E-state index in [1.807, 2.05) is 0 Å².